The Morgan fingerprint density at radius 3 is 2.92 bits per heavy atom. The highest BCUT2D eigenvalue weighted by atomic mass is 35.5. The van der Waals surface area contributed by atoms with Gasteiger partial charge in [-0.2, -0.15) is 0 Å². The quantitative estimate of drug-likeness (QED) is 0.858. The Morgan fingerprint density at radius 1 is 1.33 bits per heavy atom. The third-order valence-corrected chi connectivity index (χ3v) is 5.44. The predicted octanol–water partition coefficient (Wildman–Crippen LogP) is 1.03. The fourth-order valence-electron chi connectivity index (χ4n) is 3.78. The first-order valence-corrected chi connectivity index (χ1v) is 8.15. The molecule has 0 radical (unpaired) electrons. The normalized spacial score (nSPS) is 27.9. The van der Waals surface area contributed by atoms with Gasteiger partial charge in [-0.15, -0.1) is 0 Å². The number of rotatable bonds is 2. The van der Waals surface area contributed by atoms with Crippen LogP contribution in [0.4, 0.5) is 0 Å². The molecule has 8 heteroatoms. The van der Waals surface area contributed by atoms with Crippen LogP contribution in [0.25, 0.3) is 0 Å². The van der Waals surface area contributed by atoms with Crippen molar-refractivity contribution in [3.05, 3.63) is 22.7 Å². The van der Waals surface area contributed by atoms with E-state index in [-0.39, 0.29) is 24.5 Å². The molecule has 2 saturated heterocycles. The van der Waals surface area contributed by atoms with Crippen molar-refractivity contribution in [3.8, 4) is 11.5 Å². The van der Waals surface area contributed by atoms with Gasteiger partial charge in [0.15, 0.2) is 11.5 Å². The SMILES string of the molecule is NC(=O)[C@]12CCOC[C@H]1CN(C(=O)c1cc(Cl)c3c(c1)OCO3)C2. The maximum absolute atomic E-state index is 12.9. The lowest BCUT2D eigenvalue weighted by Gasteiger charge is -2.34. The van der Waals surface area contributed by atoms with Crippen molar-refractivity contribution < 1.29 is 23.8 Å². The van der Waals surface area contributed by atoms with E-state index in [2.05, 4.69) is 0 Å². The molecule has 3 aliphatic heterocycles. The van der Waals surface area contributed by atoms with Crippen LogP contribution in [0.2, 0.25) is 5.02 Å². The number of benzene rings is 1. The van der Waals surface area contributed by atoms with Gasteiger partial charge in [-0.05, 0) is 18.6 Å². The summed E-state index contributed by atoms with van der Waals surface area (Å²) in [6.45, 7) is 1.75. The first kappa shape index (κ1) is 15.5. The van der Waals surface area contributed by atoms with E-state index in [1.54, 1.807) is 17.0 Å². The second kappa shape index (κ2) is 5.53. The number of hydrogen-bond acceptors (Lipinski definition) is 5. The van der Waals surface area contributed by atoms with Crippen LogP contribution in [0.3, 0.4) is 0 Å². The minimum absolute atomic E-state index is 0.0721. The molecule has 0 unspecified atom stereocenters. The number of nitrogens with two attached hydrogens (primary N) is 1. The van der Waals surface area contributed by atoms with E-state index in [0.29, 0.717) is 54.8 Å². The highest BCUT2D eigenvalue weighted by molar-refractivity contribution is 6.32. The number of carbonyl (C=O) groups excluding carboxylic acids is 2. The molecule has 0 saturated carbocycles. The fraction of sp³-hybridized carbons (Fsp3) is 0.500. The molecule has 1 aromatic carbocycles. The molecule has 3 heterocycles. The summed E-state index contributed by atoms with van der Waals surface area (Å²) in [5.74, 6) is 0.262. The Labute approximate surface area is 143 Å². The molecule has 128 valence electrons. The summed E-state index contributed by atoms with van der Waals surface area (Å²) >= 11 is 6.16. The minimum atomic E-state index is -0.700. The van der Waals surface area contributed by atoms with Gasteiger partial charge < -0.3 is 24.8 Å². The third-order valence-electron chi connectivity index (χ3n) is 5.16. The van der Waals surface area contributed by atoms with Crippen LogP contribution in [0.15, 0.2) is 12.1 Å². The summed E-state index contributed by atoms with van der Waals surface area (Å²) in [7, 11) is 0. The number of fused-ring (bicyclic) bond motifs is 2. The van der Waals surface area contributed by atoms with Gasteiger partial charge in [-0.25, -0.2) is 0 Å². The van der Waals surface area contributed by atoms with Gasteiger partial charge in [0, 0.05) is 31.2 Å². The number of likely N-dealkylation sites (tertiary alicyclic amines) is 1. The highest BCUT2D eigenvalue weighted by Gasteiger charge is 2.53. The summed E-state index contributed by atoms with van der Waals surface area (Å²) in [6.07, 6.45) is 0.540. The number of primary amides is 1. The zero-order chi connectivity index (χ0) is 16.9. The van der Waals surface area contributed by atoms with Gasteiger partial charge in [0.25, 0.3) is 5.91 Å². The average molecular weight is 353 g/mol. The number of halogens is 1. The first-order chi connectivity index (χ1) is 11.5. The van der Waals surface area contributed by atoms with Crippen LogP contribution in [-0.2, 0) is 9.53 Å². The Morgan fingerprint density at radius 2 is 2.17 bits per heavy atom. The number of ether oxygens (including phenoxy) is 3. The maximum Gasteiger partial charge on any atom is 0.254 e. The van der Waals surface area contributed by atoms with Crippen molar-refractivity contribution in [2.75, 3.05) is 33.1 Å². The Kier molecular flexibility index (Phi) is 3.58. The van der Waals surface area contributed by atoms with Crippen molar-refractivity contribution in [3.63, 3.8) is 0 Å². The molecular weight excluding hydrogens is 336 g/mol. The van der Waals surface area contributed by atoms with Crippen LogP contribution in [-0.4, -0.2) is 49.8 Å². The van der Waals surface area contributed by atoms with E-state index in [4.69, 9.17) is 31.5 Å². The molecule has 0 spiro atoms. The summed E-state index contributed by atoms with van der Waals surface area (Å²) in [6, 6.07) is 3.18. The van der Waals surface area contributed by atoms with E-state index in [1.165, 1.54) is 0 Å². The predicted molar refractivity (Wildman–Crippen MR) is 84.0 cm³/mol. The molecule has 2 amide bonds. The summed E-state index contributed by atoms with van der Waals surface area (Å²) < 4.78 is 16.0. The van der Waals surface area contributed by atoms with Crippen molar-refractivity contribution in [1.29, 1.82) is 0 Å². The van der Waals surface area contributed by atoms with E-state index in [9.17, 15) is 9.59 Å². The van der Waals surface area contributed by atoms with Gasteiger partial charge in [0.2, 0.25) is 12.7 Å². The zero-order valence-electron chi connectivity index (χ0n) is 12.9. The summed E-state index contributed by atoms with van der Waals surface area (Å²) in [4.78, 5) is 26.6. The molecule has 4 rings (SSSR count). The molecule has 0 aliphatic carbocycles. The van der Waals surface area contributed by atoms with E-state index in [0.717, 1.165) is 0 Å². The molecule has 2 N–H and O–H groups in total. The van der Waals surface area contributed by atoms with Gasteiger partial charge in [-0.1, -0.05) is 11.6 Å². The monoisotopic (exact) mass is 352 g/mol. The smallest absolute Gasteiger partial charge is 0.254 e. The lowest BCUT2D eigenvalue weighted by Crippen LogP contribution is -2.48. The first-order valence-electron chi connectivity index (χ1n) is 7.77. The zero-order valence-corrected chi connectivity index (χ0v) is 13.7. The van der Waals surface area contributed by atoms with Crippen molar-refractivity contribution >= 4 is 23.4 Å². The van der Waals surface area contributed by atoms with Gasteiger partial charge >= 0.3 is 0 Å². The molecule has 3 aliphatic rings. The van der Waals surface area contributed by atoms with Crippen LogP contribution < -0.4 is 15.2 Å². The van der Waals surface area contributed by atoms with E-state index >= 15 is 0 Å². The van der Waals surface area contributed by atoms with Crippen LogP contribution >= 0.6 is 11.6 Å². The fourth-order valence-corrected chi connectivity index (χ4v) is 4.05. The van der Waals surface area contributed by atoms with Crippen LogP contribution in [0.5, 0.6) is 11.5 Å². The molecule has 7 nitrogen and oxygen atoms in total. The van der Waals surface area contributed by atoms with Gasteiger partial charge in [0.1, 0.15) is 0 Å². The lowest BCUT2D eigenvalue weighted by atomic mass is 9.74. The van der Waals surface area contributed by atoms with E-state index < -0.39 is 5.41 Å². The summed E-state index contributed by atoms with van der Waals surface area (Å²) in [5, 5.41) is 0.331. The second-order valence-corrected chi connectivity index (χ2v) is 6.83. The number of carbonyl (C=O) groups is 2. The van der Waals surface area contributed by atoms with Gasteiger partial charge in [0.05, 0.1) is 17.0 Å². The second-order valence-electron chi connectivity index (χ2n) is 6.42. The molecule has 0 bridgehead atoms. The molecule has 0 aromatic heterocycles. The van der Waals surface area contributed by atoms with E-state index in [1.807, 2.05) is 0 Å². The average Bonchev–Trinajstić information content (AvgIpc) is 3.19. The summed E-state index contributed by atoms with van der Waals surface area (Å²) in [5.41, 5.74) is 5.36. The minimum Gasteiger partial charge on any atom is -0.454 e. The number of nitrogens with zero attached hydrogens (tertiary/aromatic N) is 1. The standard InChI is InChI=1S/C16H17ClN2O5/c17-11-3-9(4-12-13(11)24-8-23-12)14(20)19-5-10-6-22-2-1-16(10,7-19)15(18)21/h3-4,10H,1-2,5-8H2,(H2,18,21)/t10-,16+/m1/s1. The third kappa shape index (κ3) is 2.22. The number of amides is 2. The maximum atomic E-state index is 12.9. The molecule has 1 aromatic rings. The Bertz CT molecular complexity index is 725. The molecule has 2 fully saturated rings. The Balaban J connectivity index is 1.62. The molecule has 2 atom stereocenters. The van der Waals surface area contributed by atoms with Crippen molar-refractivity contribution in [2.24, 2.45) is 17.1 Å². The van der Waals surface area contributed by atoms with Crippen molar-refractivity contribution in [2.45, 2.75) is 6.42 Å². The topological polar surface area (TPSA) is 91.1 Å². The van der Waals surface area contributed by atoms with Crippen LogP contribution in [0, 0.1) is 11.3 Å². The lowest BCUT2D eigenvalue weighted by molar-refractivity contribution is -0.135. The van der Waals surface area contributed by atoms with Gasteiger partial charge in [-0.3, -0.25) is 9.59 Å². The van der Waals surface area contributed by atoms with Crippen LogP contribution in [0.1, 0.15) is 16.8 Å². The molecular formula is C16H17ClN2O5. The number of hydrogen-bond donors (Lipinski definition) is 1. The highest BCUT2D eigenvalue weighted by Crippen LogP contribution is 2.44. The Hall–Kier alpha value is -1.99. The largest absolute Gasteiger partial charge is 0.454 e. The van der Waals surface area contributed by atoms with Crippen molar-refractivity contribution in [1.82, 2.24) is 4.90 Å². The molecule has 24 heavy (non-hydrogen) atoms.